The summed E-state index contributed by atoms with van der Waals surface area (Å²) in [5.74, 6) is -0.437. The van der Waals surface area contributed by atoms with Crippen LogP contribution in [0.4, 0.5) is 4.79 Å². The van der Waals surface area contributed by atoms with Crippen molar-refractivity contribution in [2.45, 2.75) is 31.7 Å². The van der Waals surface area contributed by atoms with E-state index in [1.807, 2.05) is 4.90 Å². The van der Waals surface area contributed by atoms with Gasteiger partial charge in [0.2, 0.25) is 5.91 Å². The van der Waals surface area contributed by atoms with E-state index in [1.54, 1.807) is 4.90 Å². The summed E-state index contributed by atoms with van der Waals surface area (Å²) in [4.78, 5) is 27.0. The second kappa shape index (κ2) is 6.04. The predicted octanol–water partition coefficient (Wildman–Crippen LogP) is -0.258. The van der Waals surface area contributed by atoms with Gasteiger partial charge in [0.25, 0.3) is 0 Å². The number of nitrogens with two attached hydrogens (primary N) is 1. The molecule has 0 aromatic heterocycles. The van der Waals surface area contributed by atoms with Crippen LogP contribution in [-0.2, 0) is 4.79 Å². The fraction of sp³-hybridized carbons (Fsp3) is 0.833. The Bertz CT molecular complexity index is 309. The summed E-state index contributed by atoms with van der Waals surface area (Å²) >= 11 is 0. The summed E-state index contributed by atoms with van der Waals surface area (Å²) in [6.07, 6.45) is 4.09. The zero-order valence-corrected chi connectivity index (χ0v) is 10.7. The van der Waals surface area contributed by atoms with E-state index in [-0.39, 0.29) is 18.6 Å². The van der Waals surface area contributed by atoms with E-state index in [1.165, 1.54) is 0 Å². The van der Waals surface area contributed by atoms with Gasteiger partial charge in [-0.25, -0.2) is 4.79 Å². The molecule has 2 fully saturated rings. The molecule has 2 saturated heterocycles. The molecule has 0 aromatic rings. The first kappa shape index (κ1) is 13.1. The van der Waals surface area contributed by atoms with Crippen molar-refractivity contribution >= 4 is 11.9 Å². The summed E-state index contributed by atoms with van der Waals surface area (Å²) in [5, 5.41) is 3.27. The van der Waals surface area contributed by atoms with Gasteiger partial charge in [0.1, 0.15) is 6.54 Å². The van der Waals surface area contributed by atoms with Crippen molar-refractivity contribution in [1.82, 2.24) is 15.1 Å². The van der Waals surface area contributed by atoms with Gasteiger partial charge in [-0.1, -0.05) is 0 Å². The number of amides is 3. The minimum Gasteiger partial charge on any atom is -0.368 e. The fourth-order valence-corrected chi connectivity index (χ4v) is 2.71. The number of nitrogens with zero attached hydrogens (tertiary/aromatic N) is 2. The van der Waals surface area contributed by atoms with Gasteiger partial charge in [0, 0.05) is 25.7 Å². The van der Waals surface area contributed by atoms with Gasteiger partial charge >= 0.3 is 6.03 Å². The Labute approximate surface area is 107 Å². The maximum Gasteiger partial charge on any atom is 0.320 e. The Morgan fingerprint density at radius 2 is 2.00 bits per heavy atom. The highest BCUT2D eigenvalue weighted by molar-refractivity contribution is 5.83. The van der Waals surface area contributed by atoms with Crippen LogP contribution in [0.3, 0.4) is 0 Å². The summed E-state index contributed by atoms with van der Waals surface area (Å²) in [6.45, 7) is 3.37. The fourth-order valence-electron chi connectivity index (χ4n) is 2.71. The van der Waals surface area contributed by atoms with Crippen molar-refractivity contribution in [1.29, 1.82) is 0 Å². The molecular formula is C12H22N4O2. The number of nitrogens with one attached hydrogen (secondary N) is 1. The molecule has 1 unspecified atom stereocenters. The van der Waals surface area contributed by atoms with Crippen LogP contribution in [0.15, 0.2) is 0 Å². The molecule has 2 rings (SSSR count). The van der Waals surface area contributed by atoms with E-state index in [4.69, 9.17) is 5.73 Å². The Kier molecular flexibility index (Phi) is 4.41. The molecule has 2 aliphatic rings. The molecule has 18 heavy (non-hydrogen) atoms. The van der Waals surface area contributed by atoms with Gasteiger partial charge in [-0.05, 0) is 32.2 Å². The van der Waals surface area contributed by atoms with Gasteiger partial charge in [-0.15, -0.1) is 0 Å². The lowest BCUT2D eigenvalue weighted by Crippen LogP contribution is -2.54. The van der Waals surface area contributed by atoms with Gasteiger partial charge < -0.3 is 20.9 Å². The lowest BCUT2D eigenvalue weighted by atomic mass is 10.1. The first-order chi connectivity index (χ1) is 8.68. The number of carbonyl (C=O) groups excluding carboxylic acids is 2. The number of hydrogen-bond donors (Lipinski definition) is 2. The molecular weight excluding hydrogens is 232 g/mol. The molecule has 0 bridgehead atoms. The maximum absolute atomic E-state index is 12.4. The van der Waals surface area contributed by atoms with E-state index in [2.05, 4.69) is 5.32 Å². The van der Waals surface area contributed by atoms with E-state index in [9.17, 15) is 9.59 Å². The number of urea groups is 1. The summed E-state index contributed by atoms with van der Waals surface area (Å²) in [6, 6.07) is 0.0688. The number of likely N-dealkylation sites (tertiary alicyclic amines) is 1. The molecule has 2 heterocycles. The highest BCUT2D eigenvalue weighted by Crippen LogP contribution is 2.16. The average molecular weight is 254 g/mol. The van der Waals surface area contributed by atoms with E-state index in [0.717, 1.165) is 51.9 Å². The molecule has 0 aromatic carbocycles. The van der Waals surface area contributed by atoms with E-state index < -0.39 is 5.91 Å². The van der Waals surface area contributed by atoms with Crippen molar-refractivity contribution in [3.05, 3.63) is 0 Å². The van der Waals surface area contributed by atoms with Gasteiger partial charge in [-0.3, -0.25) is 4.79 Å². The van der Waals surface area contributed by atoms with Crippen molar-refractivity contribution in [2.75, 3.05) is 32.7 Å². The molecule has 3 amide bonds. The SMILES string of the molecule is NC(=O)CN(C(=O)N1CCCC1)C1CCCNC1. The summed E-state index contributed by atoms with van der Waals surface area (Å²) in [5.41, 5.74) is 5.26. The van der Waals surface area contributed by atoms with Gasteiger partial charge in [0.15, 0.2) is 0 Å². The second-order valence-corrected chi connectivity index (χ2v) is 5.07. The van der Waals surface area contributed by atoms with Crippen molar-refractivity contribution in [3.8, 4) is 0 Å². The normalized spacial score (nSPS) is 24.0. The minimum atomic E-state index is -0.437. The molecule has 1 atom stereocenters. The number of primary amides is 1. The monoisotopic (exact) mass is 254 g/mol. The number of piperidine rings is 1. The van der Waals surface area contributed by atoms with Crippen LogP contribution in [0.25, 0.3) is 0 Å². The zero-order chi connectivity index (χ0) is 13.0. The molecule has 0 radical (unpaired) electrons. The summed E-state index contributed by atoms with van der Waals surface area (Å²) in [7, 11) is 0. The topological polar surface area (TPSA) is 78.7 Å². The average Bonchev–Trinajstić information content (AvgIpc) is 2.90. The number of hydrogen-bond acceptors (Lipinski definition) is 3. The predicted molar refractivity (Wildman–Crippen MR) is 68.0 cm³/mol. The standard InChI is InChI=1S/C12H22N4O2/c13-11(17)9-16(10-4-3-5-14-8-10)12(18)15-6-1-2-7-15/h10,14H,1-9H2,(H2,13,17). The van der Waals surface area contributed by atoms with Crippen LogP contribution >= 0.6 is 0 Å². The van der Waals surface area contributed by atoms with Crippen LogP contribution in [0.5, 0.6) is 0 Å². The van der Waals surface area contributed by atoms with E-state index in [0.29, 0.717) is 0 Å². The van der Waals surface area contributed by atoms with Crippen molar-refractivity contribution < 1.29 is 9.59 Å². The molecule has 0 aliphatic carbocycles. The third-order valence-electron chi connectivity index (χ3n) is 3.66. The van der Waals surface area contributed by atoms with Crippen LogP contribution in [-0.4, -0.2) is 60.5 Å². The smallest absolute Gasteiger partial charge is 0.320 e. The first-order valence-electron chi connectivity index (χ1n) is 6.73. The van der Waals surface area contributed by atoms with Gasteiger partial charge in [-0.2, -0.15) is 0 Å². The maximum atomic E-state index is 12.4. The lowest BCUT2D eigenvalue weighted by molar-refractivity contribution is -0.119. The third kappa shape index (κ3) is 3.13. The van der Waals surface area contributed by atoms with Crippen molar-refractivity contribution in [2.24, 2.45) is 5.73 Å². The van der Waals surface area contributed by atoms with Crippen LogP contribution in [0.2, 0.25) is 0 Å². The number of carbonyl (C=O) groups is 2. The van der Waals surface area contributed by atoms with Crippen LogP contribution < -0.4 is 11.1 Å². The Balaban J connectivity index is 2.02. The molecule has 6 heteroatoms. The molecule has 3 N–H and O–H groups in total. The Morgan fingerprint density at radius 1 is 1.28 bits per heavy atom. The third-order valence-corrected chi connectivity index (χ3v) is 3.66. The van der Waals surface area contributed by atoms with Crippen LogP contribution in [0.1, 0.15) is 25.7 Å². The largest absolute Gasteiger partial charge is 0.368 e. The molecule has 0 spiro atoms. The second-order valence-electron chi connectivity index (χ2n) is 5.07. The van der Waals surface area contributed by atoms with Crippen LogP contribution in [0, 0.1) is 0 Å². The minimum absolute atomic E-state index is 0.0278. The van der Waals surface area contributed by atoms with Gasteiger partial charge in [0.05, 0.1) is 0 Å². The molecule has 0 saturated carbocycles. The van der Waals surface area contributed by atoms with Crippen molar-refractivity contribution in [3.63, 3.8) is 0 Å². The van der Waals surface area contributed by atoms with E-state index >= 15 is 0 Å². The zero-order valence-electron chi connectivity index (χ0n) is 10.7. The lowest BCUT2D eigenvalue weighted by Gasteiger charge is -2.36. The first-order valence-corrected chi connectivity index (χ1v) is 6.73. The molecule has 2 aliphatic heterocycles. The quantitative estimate of drug-likeness (QED) is 0.728. The Morgan fingerprint density at radius 3 is 2.56 bits per heavy atom. The Hall–Kier alpha value is -1.30. The highest BCUT2D eigenvalue weighted by Gasteiger charge is 2.30. The number of rotatable bonds is 3. The molecule has 102 valence electrons. The highest BCUT2D eigenvalue weighted by atomic mass is 16.2. The summed E-state index contributed by atoms with van der Waals surface area (Å²) < 4.78 is 0. The molecule has 6 nitrogen and oxygen atoms in total.